The number of rotatable bonds is 8. The number of aromatic nitrogens is 2. The lowest BCUT2D eigenvalue weighted by atomic mass is 10.2. The molecule has 0 saturated carbocycles. The number of carbonyl (C=O) groups excluding carboxylic acids is 1. The molecule has 1 N–H and O–H groups in total. The third-order valence-corrected chi connectivity index (χ3v) is 5.24. The SMILES string of the molecule is CCN(CC)c1ccc(NC(=O)CCc2csc(-c3ccccn3)n2)cc1. The first kappa shape index (κ1) is 19.0. The number of anilines is 2. The summed E-state index contributed by atoms with van der Waals surface area (Å²) in [5.74, 6) is -0.00187. The zero-order valence-electron chi connectivity index (χ0n) is 15.7. The first-order valence-electron chi connectivity index (χ1n) is 9.20. The van der Waals surface area contributed by atoms with Gasteiger partial charge in [0, 0.05) is 42.5 Å². The summed E-state index contributed by atoms with van der Waals surface area (Å²) in [6.07, 6.45) is 2.78. The maximum absolute atomic E-state index is 12.2. The third-order valence-electron chi connectivity index (χ3n) is 4.32. The van der Waals surface area contributed by atoms with E-state index in [9.17, 15) is 4.79 Å². The fourth-order valence-electron chi connectivity index (χ4n) is 2.84. The largest absolute Gasteiger partial charge is 0.372 e. The van der Waals surface area contributed by atoms with Gasteiger partial charge >= 0.3 is 0 Å². The number of benzene rings is 1. The summed E-state index contributed by atoms with van der Waals surface area (Å²) < 4.78 is 0. The molecule has 2 aromatic heterocycles. The van der Waals surface area contributed by atoms with Crippen LogP contribution in [-0.2, 0) is 11.2 Å². The molecule has 0 atom stereocenters. The van der Waals surface area contributed by atoms with Crippen molar-refractivity contribution in [3.8, 4) is 10.7 Å². The molecule has 3 aromatic rings. The first-order chi connectivity index (χ1) is 13.2. The van der Waals surface area contributed by atoms with E-state index in [4.69, 9.17) is 0 Å². The standard InChI is InChI=1S/C21H24N4OS/c1-3-25(4-2)18-11-8-16(9-12-18)23-20(26)13-10-17-15-27-21(24-17)19-7-5-6-14-22-19/h5-9,11-12,14-15H,3-4,10,13H2,1-2H3,(H,23,26). The van der Waals surface area contributed by atoms with Crippen molar-refractivity contribution in [3.05, 3.63) is 59.7 Å². The molecule has 0 spiro atoms. The molecule has 0 aliphatic rings. The molecule has 6 heteroatoms. The molecule has 2 heterocycles. The van der Waals surface area contributed by atoms with Crippen molar-refractivity contribution >= 4 is 28.6 Å². The molecule has 0 unspecified atom stereocenters. The Bertz CT molecular complexity index is 857. The Morgan fingerprint density at radius 1 is 1.11 bits per heavy atom. The average molecular weight is 381 g/mol. The fraction of sp³-hybridized carbons (Fsp3) is 0.286. The van der Waals surface area contributed by atoms with Gasteiger partial charge in [0.15, 0.2) is 0 Å². The van der Waals surface area contributed by atoms with Crippen LogP contribution in [0.25, 0.3) is 10.7 Å². The Morgan fingerprint density at radius 2 is 1.89 bits per heavy atom. The molecule has 0 bridgehead atoms. The number of hydrogen-bond donors (Lipinski definition) is 1. The number of hydrogen-bond acceptors (Lipinski definition) is 5. The van der Waals surface area contributed by atoms with Crippen molar-refractivity contribution in [2.45, 2.75) is 26.7 Å². The van der Waals surface area contributed by atoms with Crippen LogP contribution in [0.1, 0.15) is 26.0 Å². The lowest BCUT2D eigenvalue weighted by Crippen LogP contribution is -2.21. The summed E-state index contributed by atoms with van der Waals surface area (Å²) in [7, 11) is 0. The molecule has 1 amide bonds. The monoisotopic (exact) mass is 380 g/mol. The van der Waals surface area contributed by atoms with Crippen molar-refractivity contribution in [1.29, 1.82) is 0 Å². The normalized spacial score (nSPS) is 10.6. The second kappa shape index (κ2) is 9.28. The maximum atomic E-state index is 12.2. The van der Waals surface area contributed by atoms with E-state index >= 15 is 0 Å². The highest BCUT2D eigenvalue weighted by atomic mass is 32.1. The van der Waals surface area contributed by atoms with Gasteiger partial charge in [0.1, 0.15) is 5.01 Å². The van der Waals surface area contributed by atoms with Gasteiger partial charge in [-0.05, 0) is 56.7 Å². The van der Waals surface area contributed by atoms with Crippen molar-refractivity contribution < 1.29 is 4.79 Å². The van der Waals surface area contributed by atoms with E-state index in [1.54, 1.807) is 17.5 Å². The predicted octanol–water partition coefficient (Wildman–Crippen LogP) is 4.62. The summed E-state index contributed by atoms with van der Waals surface area (Å²) in [5, 5.41) is 5.84. The van der Waals surface area contributed by atoms with E-state index in [1.165, 1.54) is 5.69 Å². The van der Waals surface area contributed by atoms with Crippen molar-refractivity contribution in [2.75, 3.05) is 23.3 Å². The molecule has 27 heavy (non-hydrogen) atoms. The second-order valence-corrected chi connectivity index (χ2v) is 6.98. The van der Waals surface area contributed by atoms with E-state index in [0.717, 1.165) is 35.2 Å². The smallest absolute Gasteiger partial charge is 0.224 e. The zero-order chi connectivity index (χ0) is 19.1. The molecule has 0 radical (unpaired) electrons. The number of nitrogens with zero attached hydrogens (tertiary/aromatic N) is 3. The zero-order valence-corrected chi connectivity index (χ0v) is 16.5. The van der Waals surface area contributed by atoms with Crippen LogP contribution in [0.15, 0.2) is 54.0 Å². The lowest BCUT2D eigenvalue weighted by Gasteiger charge is -2.21. The number of thiazole rings is 1. The molecule has 1 aromatic carbocycles. The van der Waals surface area contributed by atoms with Crippen LogP contribution in [0.3, 0.4) is 0 Å². The van der Waals surface area contributed by atoms with Crippen LogP contribution in [-0.4, -0.2) is 29.0 Å². The van der Waals surface area contributed by atoms with Crippen molar-refractivity contribution in [3.63, 3.8) is 0 Å². The summed E-state index contributed by atoms with van der Waals surface area (Å²) >= 11 is 1.56. The number of pyridine rings is 1. The summed E-state index contributed by atoms with van der Waals surface area (Å²) in [6.45, 7) is 6.21. The van der Waals surface area contributed by atoms with Gasteiger partial charge < -0.3 is 10.2 Å². The maximum Gasteiger partial charge on any atom is 0.224 e. The molecule has 140 valence electrons. The fourth-order valence-corrected chi connectivity index (χ4v) is 3.67. The minimum Gasteiger partial charge on any atom is -0.372 e. The van der Waals surface area contributed by atoms with Crippen LogP contribution in [0.4, 0.5) is 11.4 Å². The Labute approximate surface area is 164 Å². The van der Waals surface area contributed by atoms with Crippen LogP contribution < -0.4 is 10.2 Å². The molecular weight excluding hydrogens is 356 g/mol. The third kappa shape index (κ3) is 5.14. The van der Waals surface area contributed by atoms with Gasteiger partial charge in [0.2, 0.25) is 5.91 Å². The number of nitrogens with one attached hydrogen (secondary N) is 1. The quantitative estimate of drug-likeness (QED) is 0.619. The van der Waals surface area contributed by atoms with Gasteiger partial charge in [-0.3, -0.25) is 9.78 Å². The van der Waals surface area contributed by atoms with Crippen LogP contribution in [0.2, 0.25) is 0 Å². The number of aryl methyl sites for hydroxylation is 1. The molecule has 0 aliphatic carbocycles. The van der Waals surface area contributed by atoms with Crippen molar-refractivity contribution in [2.24, 2.45) is 0 Å². The van der Waals surface area contributed by atoms with Gasteiger partial charge in [0.25, 0.3) is 0 Å². The van der Waals surface area contributed by atoms with Crippen LogP contribution in [0, 0.1) is 0 Å². The molecular formula is C21H24N4OS. The van der Waals surface area contributed by atoms with E-state index in [1.807, 2.05) is 47.8 Å². The Hall–Kier alpha value is -2.73. The summed E-state index contributed by atoms with van der Waals surface area (Å²) in [6, 6.07) is 13.8. The lowest BCUT2D eigenvalue weighted by molar-refractivity contribution is -0.116. The molecule has 3 rings (SSSR count). The molecule has 0 aliphatic heterocycles. The van der Waals surface area contributed by atoms with E-state index in [-0.39, 0.29) is 5.91 Å². The average Bonchev–Trinajstić information content (AvgIpc) is 3.18. The molecule has 0 saturated heterocycles. The van der Waals surface area contributed by atoms with E-state index in [2.05, 4.69) is 34.0 Å². The van der Waals surface area contributed by atoms with Gasteiger partial charge in [-0.1, -0.05) is 6.07 Å². The topological polar surface area (TPSA) is 58.1 Å². The van der Waals surface area contributed by atoms with Crippen LogP contribution >= 0.6 is 11.3 Å². The second-order valence-electron chi connectivity index (χ2n) is 6.13. The minimum absolute atomic E-state index is 0.00187. The van der Waals surface area contributed by atoms with E-state index in [0.29, 0.717) is 12.8 Å². The highest BCUT2D eigenvalue weighted by Crippen LogP contribution is 2.22. The van der Waals surface area contributed by atoms with Crippen LogP contribution in [0.5, 0.6) is 0 Å². The Balaban J connectivity index is 1.52. The highest BCUT2D eigenvalue weighted by Gasteiger charge is 2.09. The number of carbonyl (C=O) groups is 1. The summed E-state index contributed by atoms with van der Waals surface area (Å²) in [5.41, 5.74) is 3.78. The summed E-state index contributed by atoms with van der Waals surface area (Å²) in [4.78, 5) is 23.4. The highest BCUT2D eigenvalue weighted by molar-refractivity contribution is 7.13. The van der Waals surface area contributed by atoms with Gasteiger partial charge in [-0.15, -0.1) is 11.3 Å². The van der Waals surface area contributed by atoms with Gasteiger partial charge in [0.05, 0.1) is 11.4 Å². The van der Waals surface area contributed by atoms with Gasteiger partial charge in [-0.2, -0.15) is 0 Å². The Morgan fingerprint density at radius 3 is 2.56 bits per heavy atom. The van der Waals surface area contributed by atoms with E-state index < -0.39 is 0 Å². The minimum atomic E-state index is -0.00187. The van der Waals surface area contributed by atoms with Gasteiger partial charge in [-0.25, -0.2) is 4.98 Å². The Kier molecular flexibility index (Phi) is 6.54. The predicted molar refractivity (Wildman–Crippen MR) is 112 cm³/mol. The molecule has 5 nitrogen and oxygen atoms in total. The molecule has 0 fully saturated rings. The van der Waals surface area contributed by atoms with Crippen molar-refractivity contribution in [1.82, 2.24) is 9.97 Å². The first-order valence-corrected chi connectivity index (χ1v) is 10.1. The number of amides is 1.